The number of ether oxygens (including phenoxy) is 1. The second kappa shape index (κ2) is 6.15. The maximum Gasteiger partial charge on any atom is 0.191 e. The Morgan fingerprint density at radius 2 is 2.44 bits per heavy atom. The van der Waals surface area contributed by atoms with Gasteiger partial charge in [-0.25, -0.2) is 4.98 Å². The Balaban J connectivity index is 1.83. The van der Waals surface area contributed by atoms with E-state index in [1.165, 1.54) is 12.8 Å². The van der Waals surface area contributed by atoms with Crippen molar-refractivity contribution in [1.29, 1.82) is 0 Å². The number of nitrogens with one attached hydrogen (secondary N) is 2. The molecule has 0 aromatic carbocycles. The molecule has 2 rings (SSSR count). The molecule has 0 amide bonds. The van der Waals surface area contributed by atoms with Crippen LogP contribution in [-0.4, -0.2) is 31.1 Å². The molecular formula is C12H20N4OS. The van der Waals surface area contributed by atoms with Crippen LogP contribution in [0.5, 0.6) is 0 Å². The first-order valence-electron chi connectivity index (χ1n) is 6.17. The largest absolute Gasteiger partial charge is 0.375 e. The predicted octanol–water partition coefficient (Wildman–Crippen LogP) is 1.68. The van der Waals surface area contributed by atoms with Crippen LogP contribution in [0, 0.1) is 0 Å². The summed E-state index contributed by atoms with van der Waals surface area (Å²) in [6.07, 6.45) is 2.55. The summed E-state index contributed by atoms with van der Waals surface area (Å²) in [7, 11) is 3.49. The Kier molecular flexibility index (Phi) is 4.54. The van der Waals surface area contributed by atoms with Crippen molar-refractivity contribution in [3.05, 3.63) is 16.1 Å². The van der Waals surface area contributed by atoms with Crippen LogP contribution >= 0.6 is 11.3 Å². The molecule has 100 valence electrons. The number of rotatable bonds is 5. The Morgan fingerprint density at radius 1 is 1.67 bits per heavy atom. The summed E-state index contributed by atoms with van der Waals surface area (Å²) in [6.45, 7) is 2.70. The highest BCUT2D eigenvalue weighted by atomic mass is 32.1. The number of aliphatic imine (C=N–C) groups is 1. The molecule has 1 unspecified atom stereocenters. The Morgan fingerprint density at radius 3 is 3.06 bits per heavy atom. The number of thiazole rings is 1. The van der Waals surface area contributed by atoms with Crippen LogP contribution in [0.4, 0.5) is 0 Å². The fourth-order valence-corrected chi connectivity index (χ4v) is 2.33. The lowest BCUT2D eigenvalue weighted by atomic mass is 10.4. The third kappa shape index (κ3) is 3.68. The van der Waals surface area contributed by atoms with Crippen molar-refractivity contribution >= 4 is 17.3 Å². The van der Waals surface area contributed by atoms with E-state index in [4.69, 9.17) is 4.74 Å². The van der Waals surface area contributed by atoms with Gasteiger partial charge in [0.15, 0.2) is 5.96 Å². The molecule has 0 bridgehead atoms. The van der Waals surface area contributed by atoms with Crippen molar-refractivity contribution in [2.75, 3.05) is 14.2 Å². The first-order chi connectivity index (χ1) is 8.72. The minimum atomic E-state index is 0.0626. The molecule has 5 nitrogen and oxygen atoms in total. The molecule has 18 heavy (non-hydrogen) atoms. The van der Waals surface area contributed by atoms with Crippen LogP contribution in [0.1, 0.15) is 36.6 Å². The summed E-state index contributed by atoms with van der Waals surface area (Å²) in [6, 6.07) is 0.607. The monoisotopic (exact) mass is 268 g/mol. The zero-order chi connectivity index (χ0) is 13.0. The summed E-state index contributed by atoms with van der Waals surface area (Å²) in [4.78, 5) is 8.72. The molecule has 1 atom stereocenters. The number of nitrogens with zero attached hydrogens (tertiary/aromatic N) is 2. The summed E-state index contributed by atoms with van der Waals surface area (Å²) in [5, 5.41) is 9.68. The first kappa shape index (κ1) is 13.3. The van der Waals surface area contributed by atoms with Crippen LogP contribution in [0.15, 0.2) is 10.4 Å². The van der Waals surface area contributed by atoms with Crippen molar-refractivity contribution in [2.45, 2.75) is 38.5 Å². The van der Waals surface area contributed by atoms with Crippen molar-refractivity contribution in [1.82, 2.24) is 15.6 Å². The molecule has 1 aliphatic carbocycles. The Labute approximate surface area is 112 Å². The van der Waals surface area contributed by atoms with E-state index < -0.39 is 0 Å². The second-order valence-electron chi connectivity index (χ2n) is 4.40. The molecule has 0 spiro atoms. The average Bonchev–Trinajstić information content (AvgIpc) is 3.09. The standard InChI is InChI=1S/C12H20N4OS/c1-8(17-3)11-15-10(7-18-11)6-14-12(13-2)16-9-4-5-9/h7-9H,4-6H2,1-3H3,(H2,13,14,16). The van der Waals surface area contributed by atoms with E-state index in [1.807, 2.05) is 6.92 Å². The highest BCUT2D eigenvalue weighted by Gasteiger charge is 2.22. The lowest BCUT2D eigenvalue weighted by Gasteiger charge is -2.09. The molecule has 1 aromatic heterocycles. The summed E-state index contributed by atoms with van der Waals surface area (Å²) >= 11 is 1.63. The molecule has 0 saturated heterocycles. The molecule has 0 radical (unpaired) electrons. The van der Waals surface area contributed by atoms with Crippen molar-refractivity contribution < 1.29 is 4.74 Å². The fourth-order valence-electron chi connectivity index (χ4n) is 1.48. The first-order valence-corrected chi connectivity index (χ1v) is 7.05. The molecule has 1 aliphatic rings. The topological polar surface area (TPSA) is 58.5 Å². The van der Waals surface area contributed by atoms with E-state index in [-0.39, 0.29) is 6.10 Å². The van der Waals surface area contributed by atoms with Gasteiger partial charge in [-0.15, -0.1) is 11.3 Å². The van der Waals surface area contributed by atoms with Gasteiger partial charge in [-0.2, -0.15) is 0 Å². The number of hydrogen-bond acceptors (Lipinski definition) is 4. The molecule has 6 heteroatoms. The van der Waals surface area contributed by atoms with E-state index in [0.717, 1.165) is 16.7 Å². The summed E-state index contributed by atoms with van der Waals surface area (Å²) < 4.78 is 5.25. The maximum atomic E-state index is 5.25. The number of hydrogen-bond donors (Lipinski definition) is 2. The van der Waals surface area contributed by atoms with Gasteiger partial charge < -0.3 is 15.4 Å². The molecular weight excluding hydrogens is 248 g/mol. The van der Waals surface area contributed by atoms with Crippen molar-refractivity contribution in [3.8, 4) is 0 Å². The van der Waals surface area contributed by atoms with Gasteiger partial charge in [-0.1, -0.05) is 0 Å². The van der Waals surface area contributed by atoms with Crippen LogP contribution in [0.3, 0.4) is 0 Å². The quantitative estimate of drug-likeness (QED) is 0.630. The fraction of sp³-hybridized carbons (Fsp3) is 0.667. The lowest BCUT2D eigenvalue weighted by molar-refractivity contribution is 0.119. The number of methoxy groups -OCH3 is 1. The minimum absolute atomic E-state index is 0.0626. The molecule has 1 aromatic rings. The average molecular weight is 268 g/mol. The molecule has 0 aliphatic heterocycles. The normalized spacial score (nSPS) is 17.6. The maximum absolute atomic E-state index is 5.25. The smallest absolute Gasteiger partial charge is 0.191 e. The summed E-state index contributed by atoms with van der Waals surface area (Å²) in [5.41, 5.74) is 1.03. The highest BCUT2D eigenvalue weighted by molar-refractivity contribution is 7.09. The molecule has 1 heterocycles. The molecule has 1 saturated carbocycles. The Hall–Kier alpha value is -1.14. The van der Waals surface area contributed by atoms with Crippen molar-refractivity contribution in [2.24, 2.45) is 4.99 Å². The van der Waals surface area contributed by atoms with Gasteiger partial charge in [0.1, 0.15) is 11.1 Å². The van der Waals surface area contributed by atoms with Gasteiger partial charge in [-0.3, -0.25) is 4.99 Å². The van der Waals surface area contributed by atoms with Gasteiger partial charge in [0.2, 0.25) is 0 Å². The van der Waals surface area contributed by atoms with Crippen LogP contribution in [0.2, 0.25) is 0 Å². The van der Waals surface area contributed by atoms with Gasteiger partial charge in [0, 0.05) is 25.6 Å². The Bertz CT molecular complexity index is 414. The van der Waals surface area contributed by atoms with E-state index >= 15 is 0 Å². The summed E-state index contributed by atoms with van der Waals surface area (Å²) in [5.74, 6) is 0.854. The SMILES string of the molecule is CN=C(NCc1csc(C(C)OC)n1)NC1CC1. The zero-order valence-corrected chi connectivity index (χ0v) is 11.9. The van der Waals surface area contributed by atoms with E-state index in [0.29, 0.717) is 12.6 Å². The second-order valence-corrected chi connectivity index (χ2v) is 5.29. The van der Waals surface area contributed by atoms with E-state index in [9.17, 15) is 0 Å². The minimum Gasteiger partial charge on any atom is -0.375 e. The van der Waals surface area contributed by atoms with Crippen LogP contribution < -0.4 is 10.6 Å². The van der Waals surface area contributed by atoms with Crippen LogP contribution in [-0.2, 0) is 11.3 Å². The molecule has 1 fully saturated rings. The lowest BCUT2D eigenvalue weighted by Crippen LogP contribution is -2.38. The molecule has 2 N–H and O–H groups in total. The van der Waals surface area contributed by atoms with Gasteiger partial charge in [0.25, 0.3) is 0 Å². The van der Waals surface area contributed by atoms with Crippen LogP contribution in [0.25, 0.3) is 0 Å². The third-order valence-corrected chi connectivity index (χ3v) is 3.90. The van der Waals surface area contributed by atoms with Gasteiger partial charge in [-0.05, 0) is 19.8 Å². The zero-order valence-electron chi connectivity index (χ0n) is 11.1. The van der Waals surface area contributed by atoms with Gasteiger partial charge >= 0.3 is 0 Å². The van der Waals surface area contributed by atoms with E-state index in [2.05, 4.69) is 26.0 Å². The highest BCUT2D eigenvalue weighted by Crippen LogP contribution is 2.20. The number of guanidine groups is 1. The van der Waals surface area contributed by atoms with Gasteiger partial charge in [0.05, 0.1) is 12.2 Å². The third-order valence-electron chi connectivity index (χ3n) is 2.85. The van der Waals surface area contributed by atoms with Crippen molar-refractivity contribution in [3.63, 3.8) is 0 Å². The predicted molar refractivity (Wildman–Crippen MR) is 73.9 cm³/mol. The number of aromatic nitrogens is 1. The van der Waals surface area contributed by atoms with E-state index in [1.54, 1.807) is 25.5 Å².